The van der Waals surface area contributed by atoms with Crippen molar-refractivity contribution in [3.05, 3.63) is 54.1 Å². The molecule has 1 atom stereocenters. The molecule has 3 aliphatic rings. The van der Waals surface area contributed by atoms with Crippen molar-refractivity contribution < 1.29 is 27.5 Å². The van der Waals surface area contributed by atoms with Crippen LogP contribution in [-0.2, 0) is 19.6 Å². The number of amides is 2. The van der Waals surface area contributed by atoms with E-state index in [1.807, 2.05) is 0 Å². The molecule has 3 heterocycles. The molecule has 10 heteroatoms. The van der Waals surface area contributed by atoms with Crippen LogP contribution < -0.4 is 9.64 Å². The first-order chi connectivity index (χ1) is 16.9. The van der Waals surface area contributed by atoms with E-state index >= 15 is 0 Å². The number of morpholine rings is 1. The fourth-order valence-electron chi connectivity index (χ4n) is 4.74. The molecule has 2 aromatic rings. The molecule has 0 bridgehead atoms. The van der Waals surface area contributed by atoms with Crippen molar-refractivity contribution >= 4 is 27.5 Å². The fourth-order valence-corrected chi connectivity index (χ4v) is 6.31. The van der Waals surface area contributed by atoms with Crippen LogP contribution in [0.5, 0.6) is 5.75 Å². The SMILES string of the molecule is O=C([C@@H]1CN(C(=O)c2cccc(S(=O)(=O)N3CCCCC3)c2)c2ccccc2O1)N1CCOCC1. The van der Waals surface area contributed by atoms with Crippen LogP contribution >= 0.6 is 0 Å². The molecule has 35 heavy (non-hydrogen) atoms. The van der Waals surface area contributed by atoms with Gasteiger partial charge in [0.25, 0.3) is 11.8 Å². The first-order valence-electron chi connectivity index (χ1n) is 12.0. The van der Waals surface area contributed by atoms with E-state index in [1.54, 1.807) is 41.3 Å². The number of anilines is 1. The lowest BCUT2D eigenvalue weighted by molar-refractivity contribution is -0.142. The van der Waals surface area contributed by atoms with Crippen LogP contribution in [0.3, 0.4) is 0 Å². The molecule has 0 spiro atoms. The van der Waals surface area contributed by atoms with Crippen LogP contribution in [0, 0.1) is 0 Å². The average Bonchev–Trinajstić information content (AvgIpc) is 2.92. The fraction of sp³-hybridized carbons (Fsp3) is 0.440. The number of para-hydroxylation sites is 2. The minimum atomic E-state index is -3.68. The number of carbonyl (C=O) groups is 2. The Morgan fingerprint density at radius 3 is 2.40 bits per heavy atom. The van der Waals surface area contributed by atoms with E-state index in [0.717, 1.165) is 19.3 Å². The summed E-state index contributed by atoms with van der Waals surface area (Å²) in [5.41, 5.74) is 0.796. The van der Waals surface area contributed by atoms with Gasteiger partial charge in [-0.2, -0.15) is 4.31 Å². The Hall–Kier alpha value is -2.95. The second kappa shape index (κ2) is 9.96. The number of fused-ring (bicyclic) bond motifs is 1. The molecule has 0 aromatic heterocycles. The molecule has 2 aromatic carbocycles. The lowest BCUT2D eigenvalue weighted by atomic mass is 10.1. The maximum atomic E-state index is 13.7. The number of ether oxygens (including phenoxy) is 2. The van der Waals surface area contributed by atoms with E-state index < -0.39 is 16.1 Å². The van der Waals surface area contributed by atoms with Gasteiger partial charge in [-0.3, -0.25) is 9.59 Å². The Balaban J connectivity index is 1.43. The topological polar surface area (TPSA) is 96.5 Å². The highest BCUT2D eigenvalue weighted by Gasteiger charge is 2.37. The molecule has 0 unspecified atom stereocenters. The molecule has 0 N–H and O–H groups in total. The van der Waals surface area contributed by atoms with Gasteiger partial charge in [0.05, 0.1) is 30.3 Å². The lowest BCUT2D eigenvalue weighted by Gasteiger charge is -2.37. The van der Waals surface area contributed by atoms with E-state index in [-0.39, 0.29) is 28.8 Å². The summed E-state index contributed by atoms with van der Waals surface area (Å²) in [5, 5.41) is 0. The van der Waals surface area contributed by atoms with Gasteiger partial charge in [-0.15, -0.1) is 0 Å². The largest absolute Gasteiger partial charge is 0.476 e. The zero-order valence-electron chi connectivity index (χ0n) is 19.5. The van der Waals surface area contributed by atoms with Gasteiger partial charge in [-0.1, -0.05) is 24.6 Å². The van der Waals surface area contributed by atoms with Gasteiger partial charge >= 0.3 is 0 Å². The van der Waals surface area contributed by atoms with Gasteiger partial charge in [-0.25, -0.2) is 8.42 Å². The molecule has 5 rings (SSSR count). The average molecular weight is 500 g/mol. The second-order valence-corrected chi connectivity index (χ2v) is 10.9. The standard InChI is InChI=1S/C25H29N3O6S/c29-24(19-7-6-8-20(17-19)35(31,32)27-11-4-1-5-12-27)28-18-23(25(30)26-13-15-33-16-14-26)34-22-10-3-2-9-21(22)28/h2-3,6-10,17,23H,1,4-5,11-16,18H2/t23-/m0/s1. The van der Waals surface area contributed by atoms with Gasteiger partial charge in [0.2, 0.25) is 10.0 Å². The summed E-state index contributed by atoms with van der Waals surface area (Å²) in [6.45, 7) is 2.90. The molecule has 9 nitrogen and oxygen atoms in total. The third kappa shape index (κ3) is 4.78. The molecule has 2 amide bonds. The Morgan fingerprint density at radius 1 is 0.886 bits per heavy atom. The number of nitrogens with zero attached hydrogens (tertiary/aromatic N) is 3. The number of benzene rings is 2. The van der Waals surface area contributed by atoms with E-state index in [4.69, 9.17) is 9.47 Å². The van der Waals surface area contributed by atoms with Crippen LogP contribution in [-0.4, -0.2) is 81.5 Å². The van der Waals surface area contributed by atoms with Crippen molar-refractivity contribution in [2.45, 2.75) is 30.3 Å². The van der Waals surface area contributed by atoms with Crippen LogP contribution in [0.25, 0.3) is 0 Å². The first-order valence-corrected chi connectivity index (χ1v) is 13.4. The highest BCUT2D eigenvalue weighted by Crippen LogP contribution is 2.35. The predicted molar refractivity (Wildman–Crippen MR) is 129 cm³/mol. The van der Waals surface area contributed by atoms with Crippen molar-refractivity contribution in [1.29, 1.82) is 0 Å². The van der Waals surface area contributed by atoms with E-state index in [2.05, 4.69) is 0 Å². The molecule has 0 saturated carbocycles. The molecule has 186 valence electrons. The maximum absolute atomic E-state index is 13.7. The van der Waals surface area contributed by atoms with Crippen LogP contribution in [0.2, 0.25) is 0 Å². The highest BCUT2D eigenvalue weighted by atomic mass is 32.2. The summed E-state index contributed by atoms with van der Waals surface area (Å²) in [5.74, 6) is -0.131. The Bertz CT molecular complexity index is 1210. The Kier molecular flexibility index (Phi) is 6.77. The van der Waals surface area contributed by atoms with Crippen LogP contribution in [0.1, 0.15) is 29.6 Å². The minimum Gasteiger partial charge on any atom is -0.476 e. The van der Waals surface area contributed by atoms with Crippen molar-refractivity contribution in [2.24, 2.45) is 0 Å². The zero-order valence-corrected chi connectivity index (χ0v) is 20.3. The van der Waals surface area contributed by atoms with Gasteiger partial charge in [0.1, 0.15) is 5.75 Å². The van der Waals surface area contributed by atoms with Crippen molar-refractivity contribution in [1.82, 2.24) is 9.21 Å². The second-order valence-electron chi connectivity index (χ2n) is 8.92. The van der Waals surface area contributed by atoms with Crippen molar-refractivity contribution in [3.63, 3.8) is 0 Å². The van der Waals surface area contributed by atoms with Crippen LogP contribution in [0.15, 0.2) is 53.4 Å². The van der Waals surface area contributed by atoms with Gasteiger partial charge in [0.15, 0.2) is 6.10 Å². The molecule has 2 saturated heterocycles. The van der Waals surface area contributed by atoms with Crippen molar-refractivity contribution in [2.75, 3.05) is 50.8 Å². The molecule has 2 fully saturated rings. The van der Waals surface area contributed by atoms with Gasteiger partial charge in [-0.05, 0) is 43.2 Å². The smallest absolute Gasteiger partial charge is 0.265 e. The highest BCUT2D eigenvalue weighted by molar-refractivity contribution is 7.89. The molecular weight excluding hydrogens is 470 g/mol. The number of piperidine rings is 1. The third-order valence-electron chi connectivity index (χ3n) is 6.65. The zero-order chi connectivity index (χ0) is 24.4. The third-order valence-corrected chi connectivity index (χ3v) is 8.55. The molecular formula is C25H29N3O6S. The normalized spacial score (nSPS) is 21.2. The number of hydrogen-bond donors (Lipinski definition) is 0. The molecule has 0 aliphatic carbocycles. The summed E-state index contributed by atoms with van der Waals surface area (Å²) in [7, 11) is -3.68. The minimum absolute atomic E-state index is 0.0368. The molecule has 0 radical (unpaired) electrons. The Labute approximate surface area is 205 Å². The van der Waals surface area contributed by atoms with Crippen molar-refractivity contribution in [3.8, 4) is 5.75 Å². The number of rotatable bonds is 4. The van der Waals surface area contributed by atoms with E-state index in [9.17, 15) is 18.0 Å². The first kappa shape index (κ1) is 23.8. The molecule has 3 aliphatic heterocycles. The monoisotopic (exact) mass is 499 g/mol. The quantitative estimate of drug-likeness (QED) is 0.640. The van der Waals surface area contributed by atoms with E-state index in [0.29, 0.717) is 50.8 Å². The lowest BCUT2D eigenvalue weighted by Crippen LogP contribution is -2.54. The predicted octanol–water partition coefficient (Wildman–Crippen LogP) is 2.13. The number of carbonyl (C=O) groups excluding carboxylic acids is 2. The number of hydrogen-bond acceptors (Lipinski definition) is 6. The summed E-state index contributed by atoms with van der Waals surface area (Å²) >= 11 is 0. The summed E-state index contributed by atoms with van der Waals surface area (Å²) in [4.78, 5) is 30.1. The summed E-state index contributed by atoms with van der Waals surface area (Å²) in [6.07, 6.45) is 1.83. The summed E-state index contributed by atoms with van der Waals surface area (Å²) < 4.78 is 39.2. The van der Waals surface area contributed by atoms with Crippen LogP contribution in [0.4, 0.5) is 5.69 Å². The van der Waals surface area contributed by atoms with Gasteiger partial charge in [0, 0.05) is 31.7 Å². The van der Waals surface area contributed by atoms with Gasteiger partial charge < -0.3 is 19.3 Å². The number of sulfonamides is 1. The summed E-state index contributed by atoms with van der Waals surface area (Å²) in [6, 6.07) is 13.2. The Morgan fingerprint density at radius 2 is 1.63 bits per heavy atom. The van der Waals surface area contributed by atoms with E-state index in [1.165, 1.54) is 21.3 Å². The maximum Gasteiger partial charge on any atom is 0.265 e.